The molecule has 0 saturated carbocycles. The number of hydrogen-bond donors (Lipinski definition) is 0. The highest BCUT2D eigenvalue weighted by molar-refractivity contribution is 6.30. The fraction of sp³-hybridized carbons (Fsp3) is 0.100. The molecule has 4 rings (SSSR count). The molecule has 0 radical (unpaired) electrons. The van der Waals surface area contributed by atoms with Crippen LogP contribution in [0.15, 0.2) is 60.8 Å². The van der Waals surface area contributed by atoms with Crippen LogP contribution in [-0.4, -0.2) is 19.6 Å². The minimum absolute atomic E-state index is 0.312. The van der Waals surface area contributed by atoms with Crippen LogP contribution >= 0.6 is 11.6 Å². The van der Waals surface area contributed by atoms with Gasteiger partial charge in [-0.1, -0.05) is 23.7 Å². The Morgan fingerprint density at radius 2 is 1.69 bits per heavy atom. The lowest BCUT2D eigenvalue weighted by atomic mass is 10.2. The lowest BCUT2D eigenvalue weighted by Crippen LogP contribution is -2.01. The summed E-state index contributed by atoms with van der Waals surface area (Å²) in [4.78, 5) is 0. The van der Waals surface area contributed by atoms with E-state index in [9.17, 15) is 4.39 Å². The Balaban J connectivity index is 1.77. The number of halogens is 2. The molecular weight excluding hydrogens is 351 g/mol. The van der Waals surface area contributed by atoms with Crippen molar-refractivity contribution >= 4 is 11.6 Å². The van der Waals surface area contributed by atoms with Gasteiger partial charge < -0.3 is 0 Å². The molecule has 130 valence electrons. The van der Waals surface area contributed by atoms with Gasteiger partial charge >= 0.3 is 0 Å². The van der Waals surface area contributed by atoms with E-state index in [1.807, 2.05) is 48.9 Å². The van der Waals surface area contributed by atoms with Crippen molar-refractivity contribution in [1.82, 2.24) is 19.6 Å². The minimum Gasteiger partial charge on any atom is -0.237 e. The average Bonchev–Trinajstić information content (AvgIpc) is 3.19. The number of para-hydroxylation sites is 1. The molecule has 0 spiro atoms. The Kier molecular flexibility index (Phi) is 4.09. The maximum absolute atomic E-state index is 14.1. The van der Waals surface area contributed by atoms with E-state index in [1.165, 1.54) is 6.07 Å². The van der Waals surface area contributed by atoms with E-state index < -0.39 is 0 Å². The molecule has 4 nitrogen and oxygen atoms in total. The summed E-state index contributed by atoms with van der Waals surface area (Å²) in [6.45, 7) is 3.90. The van der Waals surface area contributed by atoms with Crippen LogP contribution < -0.4 is 0 Å². The largest absolute Gasteiger partial charge is 0.237 e. The van der Waals surface area contributed by atoms with Gasteiger partial charge in [-0.2, -0.15) is 10.2 Å². The second kappa shape index (κ2) is 6.42. The fourth-order valence-corrected chi connectivity index (χ4v) is 3.10. The van der Waals surface area contributed by atoms with Crippen LogP contribution in [0.25, 0.3) is 22.6 Å². The zero-order valence-electron chi connectivity index (χ0n) is 14.3. The molecule has 4 aromatic rings. The first kappa shape index (κ1) is 16.5. The fourth-order valence-electron chi connectivity index (χ4n) is 2.98. The van der Waals surface area contributed by atoms with Crippen LogP contribution in [0.4, 0.5) is 4.39 Å². The lowest BCUT2D eigenvalue weighted by Gasteiger charge is -2.06. The van der Waals surface area contributed by atoms with Crippen molar-refractivity contribution in [2.75, 3.05) is 0 Å². The standard InChI is InChI=1S/C20H16ClFN4/c1-13-11-19(24-25(13)16-9-7-15(21)8-10-16)17-12-23-26(14(17)2)20-6-4-3-5-18(20)22/h3-12H,1-2H3. The van der Waals surface area contributed by atoms with Crippen molar-refractivity contribution in [1.29, 1.82) is 0 Å². The quantitative estimate of drug-likeness (QED) is 0.503. The normalized spacial score (nSPS) is 11.1. The van der Waals surface area contributed by atoms with Gasteiger partial charge in [-0.3, -0.25) is 0 Å². The molecule has 0 aliphatic heterocycles. The highest BCUT2D eigenvalue weighted by Gasteiger charge is 2.16. The molecule has 6 heteroatoms. The molecule has 26 heavy (non-hydrogen) atoms. The topological polar surface area (TPSA) is 35.6 Å². The molecular formula is C20H16ClFN4. The molecule has 0 saturated heterocycles. The number of hydrogen-bond acceptors (Lipinski definition) is 2. The smallest absolute Gasteiger partial charge is 0.148 e. The van der Waals surface area contributed by atoms with Crippen molar-refractivity contribution < 1.29 is 4.39 Å². The van der Waals surface area contributed by atoms with Gasteiger partial charge in [-0.15, -0.1) is 0 Å². The van der Waals surface area contributed by atoms with E-state index in [0.29, 0.717) is 10.7 Å². The highest BCUT2D eigenvalue weighted by Crippen LogP contribution is 2.27. The Labute approximate surface area is 155 Å². The lowest BCUT2D eigenvalue weighted by molar-refractivity contribution is 0.608. The Bertz CT molecular complexity index is 1080. The SMILES string of the molecule is Cc1cc(-c2cnn(-c3ccccc3F)c2C)nn1-c1ccc(Cl)cc1. The monoisotopic (exact) mass is 366 g/mol. The molecule has 2 aromatic carbocycles. The van der Waals surface area contributed by atoms with Crippen LogP contribution in [0.3, 0.4) is 0 Å². The molecule has 0 amide bonds. The van der Waals surface area contributed by atoms with Gasteiger partial charge in [0.2, 0.25) is 0 Å². The minimum atomic E-state index is -0.312. The molecule has 0 aliphatic rings. The number of aromatic nitrogens is 4. The van der Waals surface area contributed by atoms with Crippen molar-refractivity contribution in [3.8, 4) is 22.6 Å². The van der Waals surface area contributed by atoms with Crippen LogP contribution in [0.5, 0.6) is 0 Å². The number of benzene rings is 2. The predicted molar refractivity (Wildman–Crippen MR) is 101 cm³/mol. The molecule has 0 aliphatic carbocycles. The molecule has 0 atom stereocenters. The van der Waals surface area contributed by atoms with Crippen LogP contribution in [0.2, 0.25) is 5.02 Å². The number of aryl methyl sites for hydroxylation is 1. The van der Waals surface area contributed by atoms with Gasteiger partial charge in [0.1, 0.15) is 11.5 Å². The van der Waals surface area contributed by atoms with E-state index in [-0.39, 0.29) is 5.82 Å². The van der Waals surface area contributed by atoms with Crippen molar-refractivity contribution in [3.05, 3.63) is 83.0 Å². The molecule has 2 aromatic heterocycles. The third-order valence-electron chi connectivity index (χ3n) is 4.33. The van der Waals surface area contributed by atoms with Gasteiger partial charge in [0.25, 0.3) is 0 Å². The average molecular weight is 367 g/mol. The molecule has 0 bridgehead atoms. The van der Waals surface area contributed by atoms with E-state index >= 15 is 0 Å². The first-order valence-corrected chi connectivity index (χ1v) is 8.55. The summed E-state index contributed by atoms with van der Waals surface area (Å²) in [5.74, 6) is -0.312. The molecule has 0 N–H and O–H groups in total. The summed E-state index contributed by atoms with van der Waals surface area (Å²) in [5.41, 5.74) is 4.82. The Morgan fingerprint density at radius 1 is 0.962 bits per heavy atom. The van der Waals surface area contributed by atoms with Crippen molar-refractivity contribution in [3.63, 3.8) is 0 Å². The van der Waals surface area contributed by atoms with Gasteiger partial charge in [0, 0.05) is 16.3 Å². The summed E-state index contributed by atoms with van der Waals surface area (Å²) in [7, 11) is 0. The number of nitrogens with zero attached hydrogens (tertiary/aromatic N) is 4. The molecule has 0 unspecified atom stereocenters. The van der Waals surface area contributed by atoms with Crippen molar-refractivity contribution in [2.45, 2.75) is 13.8 Å². The highest BCUT2D eigenvalue weighted by atomic mass is 35.5. The zero-order chi connectivity index (χ0) is 18.3. The maximum Gasteiger partial charge on any atom is 0.148 e. The first-order chi connectivity index (χ1) is 12.5. The van der Waals surface area contributed by atoms with Gasteiger partial charge in [-0.25, -0.2) is 13.8 Å². The van der Waals surface area contributed by atoms with E-state index in [1.54, 1.807) is 29.1 Å². The van der Waals surface area contributed by atoms with E-state index in [4.69, 9.17) is 16.7 Å². The maximum atomic E-state index is 14.1. The summed E-state index contributed by atoms with van der Waals surface area (Å²) in [6.07, 6.45) is 1.72. The summed E-state index contributed by atoms with van der Waals surface area (Å²) in [5, 5.41) is 9.73. The number of rotatable bonds is 3. The Hall–Kier alpha value is -2.92. The summed E-state index contributed by atoms with van der Waals surface area (Å²) < 4.78 is 17.5. The van der Waals surface area contributed by atoms with Gasteiger partial charge in [0.05, 0.1) is 23.3 Å². The summed E-state index contributed by atoms with van der Waals surface area (Å²) >= 11 is 5.96. The zero-order valence-corrected chi connectivity index (χ0v) is 15.1. The van der Waals surface area contributed by atoms with Crippen LogP contribution in [-0.2, 0) is 0 Å². The van der Waals surface area contributed by atoms with Crippen LogP contribution in [0.1, 0.15) is 11.4 Å². The summed E-state index contributed by atoms with van der Waals surface area (Å²) in [6, 6.07) is 16.1. The Morgan fingerprint density at radius 3 is 2.42 bits per heavy atom. The third kappa shape index (κ3) is 2.80. The second-order valence-electron chi connectivity index (χ2n) is 6.07. The van der Waals surface area contributed by atoms with Crippen molar-refractivity contribution in [2.24, 2.45) is 0 Å². The first-order valence-electron chi connectivity index (χ1n) is 8.17. The third-order valence-corrected chi connectivity index (χ3v) is 4.58. The second-order valence-corrected chi connectivity index (χ2v) is 6.50. The molecule has 2 heterocycles. The van der Waals surface area contributed by atoms with Crippen LogP contribution in [0, 0.1) is 19.7 Å². The van der Waals surface area contributed by atoms with Gasteiger partial charge in [0.15, 0.2) is 0 Å². The van der Waals surface area contributed by atoms with E-state index in [2.05, 4.69) is 5.10 Å². The molecule has 0 fully saturated rings. The van der Waals surface area contributed by atoms with Gasteiger partial charge in [-0.05, 0) is 56.3 Å². The van der Waals surface area contributed by atoms with E-state index in [0.717, 1.165) is 28.3 Å². The predicted octanol–water partition coefficient (Wildman–Crippen LogP) is 5.13.